The number of anilines is 1. The zero-order chi connectivity index (χ0) is 20.8. The van der Waals surface area contributed by atoms with Gasteiger partial charge in [0.2, 0.25) is 0 Å². The predicted octanol–water partition coefficient (Wildman–Crippen LogP) is 5.00. The number of hydrogen-bond donors (Lipinski definition) is 1. The van der Waals surface area contributed by atoms with Crippen molar-refractivity contribution in [3.8, 4) is 0 Å². The van der Waals surface area contributed by atoms with Crippen LogP contribution in [-0.4, -0.2) is 37.3 Å². The zero-order valence-electron chi connectivity index (χ0n) is 17.9. The van der Waals surface area contributed by atoms with E-state index in [2.05, 4.69) is 59.6 Å². The Bertz CT molecular complexity index is 845. The van der Waals surface area contributed by atoms with E-state index in [9.17, 15) is 4.79 Å². The Kier molecular flexibility index (Phi) is 6.70. The summed E-state index contributed by atoms with van der Waals surface area (Å²) >= 11 is 0. The van der Waals surface area contributed by atoms with E-state index in [0.717, 1.165) is 50.5 Å². The summed E-state index contributed by atoms with van der Waals surface area (Å²) in [5, 5.41) is 2.76. The van der Waals surface area contributed by atoms with Crippen molar-refractivity contribution in [2.45, 2.75) is 45.8 Å². The van der Waals surface area contributed by atoms with E-state index < -0.39 is 0 Å². The topological polar surface area (TPSA) is 50.8 Å². The molecule has 4 rings (SSSR count). The number of rotatable bonds is 8. The van der Waals surface area contributed by atoms with Gasteiger partial charge in [0, 0.05) is 18.7 Å². The molecule has 2 aromatic carbocycles. The third-order valence-electron chi connectivity index (χ3n) is 6.49. The average Bonchev–Trinajstić information content (AvgIpc) is 2.79. The van der Waals surface area contributed by atoms with Gasteiger partial charge in [-0.1, -0.05) is 36.4 Å². The van der Waals surface area contributed by atoms with Gasteiger partial charge in [0.1, 0.15) is 6.61 Å². The van der Waals surface area contributed by atoms with Gasteiger partial charge in [0.05, 0.1) is 12.3 Å². The first-order chi connectivity index (χ1) is 14.7. The molecule has 0 unspecified atom stereocenters. The summed E-state index contributed by atoms with van der Waals surface area (Å²) in [5.74, 6) is 0. The number of fused-ring (bicyclic) bond motifs is 1. The number of carbonyl (C=O) groups is 1. The summed E-state index contributed by atoms with van der Waals surface area (Å²) in [7, 11) is 0. The molecule has 1 amide bonds. The van der Waals surface area contributed by atoms with Crippen LogP contribution in [0.2, 0.25) is 0 Å². The zero-order valence-corrected chi connectivity index (χ0v) is 17.9. The molecule has 2 aliphatic heterocycles. The van der Waals surface area contributed by atoms with Crippen LogP contribution >= 0.6 is 0 Å². The summed E-state index contributed by atoms with van der Waals surface area (Å²) in [5.41, 5.74) is 4.88. The molecular formula is C25H32N2O3. The number of amides is 1. The summed E-state index contributed by atoms with van der Waals surface area (Å²) < 4.78 is 11.0. The molecule has 0 aliphatic carbocycles. The van der Waals surface area contributed by atoms with E-state index in [1.165, 1.54) is 30.4 Å². The van der Waals surface area contributed by atoms with Crippen molar-refractivity contribution in [3.05, 3.63) is 65.2 Å². The van der Waals surface area contributed by atoms with Crippen LogP contribution in [0.15, 0.2) is 48.5 Å². The van der Waals surface area contributed by atoms with E-state index in [1.54, 1.807) is 0 Å². The third-order valence-corrected chi connectivity index (χ3v) is 6.49. The lowest BCUT2D eigenvalue weighted by molar-refractivity contribution is -0.00232. The maximum atomic E-state index is 11.4. The quantitative estimate of drug-likeness (QED) is 0.668. The summed E-state index contributed by atoms with van der Waals surface area (Å²) in [6, 6.07) is 17.1. The van der Waals surface area contributed by atoms with E-state index in [4.69, 9.17) is 9.47 Å². The van der Waals surface area contributed by atoms with Crippen molar-refractivity contribution in [1.82, 2.24) is 4.90 Å². The maximum absolute atomic E-state index is 11.4. The van der Waals surface area contributed by atoms with Gasteiger partial charge < -0.3 is 9.47 Å². The Balaban J connectivity index is 1.35. The molecule has 0 saturated carbocycles. The van der Waals surface area contributed by atoms with Gasteiger partial charge in [0.15, 0.2) is 0 Å². The highest BCUT2D eigenvalue weighted by atomic mass is 16.5. The molecule has 0 spiro atoms. The predicted molar refractivity (Wildman–Crippen MR) is 118 cm³/mol. The minimum absolute atomic E-state index is 0.274. The molecule has 1 saturated heterocycles. The maximum Gasteiger partial charge on any atom is 0.411 e. The molecule has 0 atom stereocenters. The second-order valence-corrected chi connectivity index (χ2v) is 8.59. The van der Waals surface area contributed by atoms with Crippen LogP contribution in [-0.2, 0) is 29.0 Å². The van der Waals surface area contributed by atoms with Gasteiger partial charge in [0.25, 0.3) is 0 Å². The van der Waals surface area contributed by atoms with Crippen LogP contribution in [0.25, 0.3) is 0 Å². The summed E-state index contributed by atoms with van der Waals surface area (Å²) in [6.07, 6.45) is 4.27. The fourth-order valence-electron chi connectivity index (χ4n) is 4.56. The number of ether oxygens (including phenoxy) is 2. The van der Waals surface area contributed by atoms with Gasteiger partial charge in [-0.25, -0.2) is 4.79 Å². The van der Waals surface area contributed by atoms with Gasteiger partial charge in [-0.05, 0) is 74.4 Å². The highest BCUT2D eigenvalue weighted by molar-refractivity contribution is 5.87. The van der Waals surface area contributed by atoms with E-state index in [1.807, 2.05) is 6.07 Å². The Morgan fingerprint density at radius 2 is 1.90 bits per heavy atom. The lowest BCUT2D eigenvalue weighted by Crippen LogP contribution is -2.42. The summed E-state index contributed by atoms with van der Waals surface area (Å²) in [4.78, 5) is 13.9. The normalized spacial score (nSPS) is 18.4. The molecule has 2 aliphatic rings. The minimum Gasteiger partial charge on any atom is -0.444 e. The van der Waals surface area contributed by atoms with Crippen molar-refractivity contribution in [2.75, 3.05) is 31.6 Å². The van der Waals surface area contributed by atoms with Crippen molar-refractivity contribution in [1.29, 1.82) is 0 Å². The molecule has 160 valence electrons. The SMILES string of the molecule is CCOCC1(CCc2ccccc2)CCN(Cc2ccc3c(c2)COC(=O)N3)CC1. The number of hydrogen-bond acceptors (Lipinski definition) is 4. The molecule has 5 nitrogen and oxygen atoms in total. The fourth-order valence-corrected chi connectivity index (χ4v) is 4.56. The molecule has 1 fully saturated rings. The molecule has 5 heteroatoms. The van der Waals surface area contributed by atoms with Crippen LogP contribution in [0.4, 0.5) is 10.5 Å². The lowest BCUT2D eigenvalue weighted by Gasteiger charge is -2.42. The first-order valence-electron chi connectivity index (χ1n) is 11.1. The highest BCUT2D eigenvalue weighted by Crippen LogP contribution is 2.37. The first-order valence-corrected chi connectivity index (χ1v) is 11.1. The second kappa shape index (κ2) is 9.63. The van der Waals surface area contributed by atoms with Crippen LogP contribution in [0.3, 0.4) is 0 Å². The number of nitrogens with one attached hydrogen (secondary N) is 1. The monoisotopic (exact) mass is 408 g/mol. The molecular weight excluding hydrogens is 376 g/mol. The van der Waals surface area contributed by atoms with Crippen molar-refractivity contribution < 1.29 is 14.3 Å². The minimum atomic E-state index is -0.368. The first kappa shape index (κ1) is 20.9. The number of carbonyl (C=O) groups excluding carboxylic acids is 1. The third kappa shape index (κ3) is 5.21. The fraction of sp³-hybridized carbons (Fsp3) is 0.480. The van der Waals surface area contributed by atoms with Gasteiger partial charge in [-0.2, -0.15) is 0 Å². The van der Waals surface area contributed by atoms with Gasteiger partial charge in [-0.15, -0.1) is 0 Å². The van der Waals surface area contributed by atoms with Gasteiger partial charge >= 0.3 is 6.09 Å². The Morgan fingerprint density at radius 1 is 1.10 bits per heavy atom. The lowest BCUT2D eigenvalue weighted by atomic mass is 9.74. The molecule has 2 heterocycles. The Labute approximate surface area is 179 Å². The molecule has 0 radical (unpaired) electrons. The van der Waals surface area contributed by atoms with E-state index in [0.29, 0.717) is 6.61 Å². The summed E-state index contributed by atoms with van der Waals surface area (Å²) in [6.45, 7) is 7.20. The number of piperidine rings is 1. The van der Waals surface area contributed by atoms with E-state index in [-0.39, 0.29) is 11.5 Å². The number of likely N-dealkylation sites (tertiary alicyclic amines) is 1. The molecule has 1 N–H and O–H groups in total. The van der Waals surface area contributed by atoms with Crippen molar-refractivity contribution in [2.24, 2.45) is 5.41 Å². The Hall–Kier alpha value is -2.37. The second-order valence-electron chi connectivity index (χ2n) is 8.59. The van der Waals surface area contributed by atoms with Crippen LogP contribution < -0.4 is 5.32 Å². The van der Waals surface area contributed by atoms with Crippen molar-refractivity contribution in [3.63, 3.8) is 0 Å². The number of aryl methyl sites for hydroxylation is 1. The number of nitrogens with zero attached hydrogens (tertiary/aromatic N) is 1. The highest BCUT2D eigenvalue weighted by Gasteiger charge is 2.34. The smallest absolute Gasteiger partial charge is 0.411 e. The van der Waals surface area contributed by atoms with Crippen LogP contribution in [0, 0.1) is 5.41 Å². The van der Waals surface area contributed by atoms with E-state index >= 15 is 0 Å². The standard InChI is InChI=1S/C25H32N2O3/c1-2-29-19-25(11-10-20-6-4-3-5-7-20)12-14-27(15-13-25)17-21-8-9-23-22(16-21)18-30-24(28)26-23/h3-9,16H,2,10-15,17-19H2,1H3,(H,26,28). The molecule has 30 heavy (non-hydrogen) atoms. The molecule has 2 aromatic rings. The Morgan fingerprint density at radius 3 is 2.67 bits per heavy atom. The number of benzene rings is 2. The molecule has 0 bridgehead atoms. The average molecular weight is 409 g/mol. The van der Waals surface area contributed by atoms with Crippen LogP contribution in [0.1, 0.15) is 42.9 Å². The molecule has 0 aromatic heterocycles. The number of cyclic esters (lactones) is 1. The largest absolute Gasteiger partial charge is 0.444 e. The van der Waals surface area contributed by atoms with Crippen molar-refractivity contribution >= 4 is 11.8 Å². The van der Waals surface area contributed by atoms with Crippen LogP contribution in [0.5, 0.6) is 0 Å². The van der Waals surface area contributed by atoms with Gasteiger partial charge in [-0.3, -0.25) is 10.2 Å².